The SMILES string of the molecule is CC(=O)NC(CC(C)C)C(=O)N1CC2CC(C1)c1cccc(=O)n1C2. The van der Waals surface area contributed by atoms with Crippen molar-refractivity contribution >= 4 is 11.8 Å². The fraction of sp³-hybridized carbons (Fsp3) is 0.632. The Morgan fingerprint density at radius 2 is 2.00 bits per heavy atom. The first-order chi connectivity index (χ1) is 11.8. The lowest BCUT2D eigenvalue weighted by atomic mass is 9.82. The van der Waals surface area contributed by atoms with Crippen molar-refractivity contribution in [1.29, 1.82) is 0 Å². The summed E-state index contributed by atoms with van der Waals surface area (Å²) in [6, 6.07) is 4.93. The van der Waals surface area contributed by atoms with Gasteiger partial charge in [-0.05, 0) is 30.7 Å². The van der Waals surface area contributed by atoms with Crippen LogP contribution in [0.3, 0.4) is 0 Å². The van der Waals surface area contributed by atoms with Gasteiger partial charge in [-0.25, -0.2) is 0 Å². The molecule has 25 heavy (non-hydrogen) atoms. The molecule has 3 heterocycles. The van der Waals surface area contributed by atoms with E-state index < -0.39 is 6.04 Å². The molecule has 6 heteroatoms. The van der Waals surface area contributed by atoms with Crippen LogP contribution in [0.4, 0.5) is 0 Å². The van der Waals surface area contributed by atoms with Crippen molar-refractivity contribution < 1.29 is 9.59 Å². The summed E-state index contributed by atoms with van der Waals surface area (Å²) in [6.07, 6.45) is 1.66. The Bertz CT molecular complexity index is 725. The van der Waals surface area contributed by atoms with E-state index in [9.17, 15) is 14.4 Å². The Balaban J connectivity index is 1.80. The number of likely N-dealkylation sites (tertiary alicyclic amines) is 1. The Kier molecular flexibility index (Phi) is 4.97. The van der Waals surface area contributed by atoms with Crippen LogP contribution in [-0.4, -0.2) is 40.4 Å². The molecule has 3 unspecified atom stereocenters. The molecule has 1 saturated heterocycles. The highest BCUT2D eigenvalue weighted by Gasteiger charge is 2.38. The molecule has 2 amide bonds. The predicted molar refractivity (Wildman–Crippen MR) is 95.2 cm³/mol. The lowest BCUT2D eigenvalue weighted by molar-refractivity contribution is -0.139. The zero-order valence-corrected chi connectivity index (χ0v) is 15.2. The van der Waals surface area contributed by atoms with E-state index in [4.69, 9.17) is 0 Å². The van der Waals surface area contributed by atoms with Gasteiger partial charge in [0, 0.05) is 44.2 Å². The third kappa shape index (κ3) is 3.78. The Morgan fingerprint density at radius 1 is 1.24 bits per heavy atom. The van der Waals surface area contributed by atoms with Crippen molar-refractivity contribution in [3.8, 4) is 0 Å². The van der Waals surface area contributed by atoms with Crippen molar-refractivity contribution in [2.45, 2.75) is 52.1 Å². The van der Waals surface area contributed by atoms with Gasteiger partial charge in [0.2, 0.25) is 11.8 Å². The van der Waals surface area contributed by atoms with Gasteiger partial charge in [0.1, 0.15) is 6.04 Å². The van der Waals surface area contributed by atoms with Gasteiger partial charge in [-0.15, -0.1) is 0 Å². The van der Waals surface area contributed by atoms with E-state index in [1.807, 2.05) is 15.5 Å². The number of carbonyl (C=O) groups is 2. The highest BCUT2D eigenvalue weighted by atomic mass is 16.2. The number of hydrogen-bond donors (Lipinski definition) is 1. The first-order valence-electron chi connectivity index (χ1n) is 9.10. The van der Waals surface area contributed by atoms with Crippen molar-refractivity contribution in [3.63, 3.8) is 0 Å². The van der Waals surface area contributed by atoms with Gasteiger partial charge in [-0.2, -0.15) is 0 Å². The zero-order chi connectivity index (χ0) is 18.1. The zero-order valence-electron chi connectivity index (χ0n) is 15.2. The van der Waals surface area contributed by atoms with Gasteiger partial charge in [-0.1, -0.05) is 19.9 Å². The number of hydrogen-bond acceptors (Lipinski definition) is 3. The molecule has 0 spiro atoms. The lowest BCUT2D eigenvalue weighted by Crippen LogP contribution is -2.55. The summed E-state index contributed by atoms with van der Waals surface area (Å²) in [5.74, 6) is 0.650. The first kappa shape index (κ1) is 17.7. The minimum absolute atomic E-state index is 0.00493. The summed E-state index contributed by atoms with van der Waals surface area (Å²) in [6.45, 7) is 7.50. The van der Waals surface area contributed by atoms with Crippen molar-refractivity contribution in [3.05, 3.63) is 34.2 Å². The van der Waals surface area contributed by atoms with Crippen LogP contribution in [0.1, 0.15) is 45.2 Å². The number of amides is 2. The van der Waals surface area contributed by atoms with Crippen molar-refractivity contribution in [1.82, 2.24) is 14.8 Å². The van der Waals surface area contributed by atoms with Gasteiger partial charge in [0.15, 0.2) is 0 Å². The number of pyridine rings is 1. The molecule has 1 N–H and O–H groups in total. The van der Waals surface area contributed by atoms with Crippen molar-refractivity contribution in [2.24, 2.45) is 11.8 Å². The van der Waals surface area contributed by atoms with Crippen LogP contribution in [0.25, 0.3) is 0 Å². The normalized spacial score (nSPS) is 23.1. The Hall–Kier alpha value is -2.11. The number of aromatic nitrogens is 1. The number of piperidine rings is 1. The molecule has 0 radical (unpaired) electrons. The topological polar surface area (TPSA) is 71.4 Å². The molecule has 1 fully saturated rings. The summed E-state index contributed by atoms with van der Waals surface area (Å²) in [4.78, 5) is 38.5. The van der Waals surface area contributed by atoms with Crippen LogP contribution < -0.4 is 10.9 Å². The highest BCUT2D eigenvalue weighted by Crippen LogP contribution is 2.35. The van der Waals surface area contributed by atoms with E-state index in [-0.39, 0.29) is 23.3 Å². The molecule has 3 atom stereocenters. The van der Waals surface area contributed by atoms with E-state index in [2.05, 4.69) is 19.2 Å². The van der Waals surface area contributed by atoms with E-state index in [1.54, 1.807) is 12.1 Å². The van der Waals surface area contributed by atoms with Gasteiger partial charge in [0.05, 0.1) is 0 Å². The van der Waals surface area contributed by atoms with Gasteiger partial charge < -0.3 is 14.8 Å². The molecule has 2 aliphatic rings. The number of fused-ring (bicyclic) bond motifs is 4. The smallest absolute Gasteiger partial charge is 0.250 e. The third-order valence-corrected chi connectivity index (χ3v) is 5.17. The molecule has 0 aliphatic carbocycles. The molecule has 0 aromatic carbocycles. The summed E-state index contributed by atoms with van der Waals surface area (Å²) in [5.41, 5.74) is 1.07. The van der Waals surface area contributed by atoms with E-state index in [0.29, 0.717) is 37.9 Å². The molecular weight excluding hydrogens is 318 g/mol. The summed E-state index contributed by atoms with van der Waals surface area (Å²) < 4.78 is 1.86. The number of nitrogens with one attached hydrogen (secondary N) is 1. The number of nitrogens with zero attached hydrogens (tertiary/aromatic N) is 2. The highest BCUT2D eigenvalue weighted by molar-refractivity contribution is 5.87. The molecule has 2 bridgehead atoms. The molecule has 1 aromatic heterocycles. The maximum absolute atomic E-state index is 13.0. The predicted octanol–water partition coefficient (Wildman–Crippen LogP) is 1.34. The lowest BCUT2D eigenvalue weighted by Gasteiger charge is -2.43. The standard InChI is InChI=1S/C19H27N3O3/c1-12(2)7-16(20-13(3)23)19(25)21-9-14-8-15(11-21)17-5-4-6-18(24)22(17)10-14/h4-6,12,14-16H,7-11H2,1-3H3,(H,20,23). The third-order valence-electron chi connectivity index (χ3n) is 5.17. The largest absolute Gasteiger partial charge is 0.345 e. The summed E-state index contributed by atoms with van der Waals surface area (Å²) in [7, 11) is 0. The number of rotatable bonds is 4. The molecule has 3 rings (SSSR count). The molecular formula is C19H27N3O3. The maximum Gasteiger partial charge on any atom is 0.250 e. The van der Waals surface area contributed by atoms with Gasteiger partial charge in [0.25, 0.3) is 5.56 Å². The Morgan fingerprint density at radius 3 is 2.68 bits per heavy atom. The molecule has 1 aromatic rings. The molecule has 136 valence electrons. The summed E-state index contributed by atoms with van der Waals surface area (Å²) in [5, 5.41) is 2.82. The average molecular weight is 345 g/mol. The van der Waals surface area contributed by atoms with E-state index in [0.717, 1.165) is 12.1 Å². The second-order valence-corrected chi connectivity index (χ2v) is 7.82. The second-order valence-electron chi connectivity index (χ2n) is 7.82. The minimum Gasteiger partial charge on any atom is -0.345 e. The fourth-order valence-electron chi connectivity index (χ4n) is 4.24. The molecule has 2 aliphatic heterocycles. The first-order valence-corrected chi connectivity index (χ1v) is 9.10. The van der Waals surface area contributed by atoms with Crippen molar-refractivity contribution in [2.75, 3.05) is 13.1 Å². The minimum atomic E-state index is -0.464. The van der Waals surface area contributed by atoms with Crippen LogP contribution in [0, 0.1) is 11.8 Å². The fourth-order valence-corrected chi connectivity index (χ4v) is 4.24. The van der Waals surface area contributed by atoms with Crippen LogP contribution in [-0.2, 0) is 16.1 Å². The van der Waals surface area contributed by atoms with Crippen LogP contribution >= 0.6 is 0 Å². The number of carbonyl (C=O) groups excluding carboxylic acids is 2. The van der Waals surface area contributed by atoms with E-state index in [1.165, 1.54) is 6.92 Å². The average Bonchev–Trinajstić information content (AvgIpc) is 2.53. The van der Waals surface area contributed by atoms with Crippen LogP contribution in [0.2, 0.25) is 0 Å². The Labute approximate surface area is 148 Å². The monoisotopic (exact) mass is 345 g/mol. The van der Waals surface area contributed by atoms with Gasteiger partial charge >= 0.3 is 0 Å². The summed E-state index contributed by atoms with van der Waals surface area (Å²) >= 11 is 0. The second kappa shape index (κ2) is 7.02. The molecule has 6 nitrogen and oxygen atoms in total. The maximum atomic E-state index is 13.0. The van der Waals surface area contributed by atoms with Crippen LogP contribution in [0.15, 0.2) is 23.0 Å². The van der Waals surface area contributed by atoms with E-state index >= 15 is 0 Å². The molecule has 0 saturated carbocycles. The van der Waals surface area contributed by atoms with Gasteiger partial charge in [-0.3, -0.25) is 14.4 Å². The van der Waals surface area contributed by atoms with Crippen LogP contribution in [0.5, 0.6) is 0 Å². The quantitative estimate of drug-likeness (QED) is 0.895.